The zero-order chi connectivity index (χ0) is 23.5. The van der Waals surface area contributed by atoms with E-state index in [0.717, 1.165) is 22.2 Å². The number of nitrogens with zero attached hydrogens (tertiary/aromatic N) is 2. The number of nitrogens with one attached hydrogen (secondary N) is 2. The minimum atomic E-state index is -0.675. The summed E-state index contributed by atoms with van der Waals surface area (Å²) in [4.78, 5) is 34.2. The van der Waals surface area contributed by atoms with Gasteiger partial charge in [0.2, 0.25) is 5.91 Å². The van der Waals surface area contributed by atoms with Gasteiger partial charge in [-0.3, -0.25) is 9.59 Å². The molecule has 4 aromatic rings. The maximum Gasteiger partial charge on any atom is 0.262 e. The van der Waals surface area contributed by atoms with Crippen molar-refractivity contribution in [3.8, 4) is 0 Å². The van der Waals surface area contributed by atoms with Gasteiger partial charge in [0.1, 0.15) is 11.9 Å². The highest BCUT2D eigenvalue weighted by atomic mass is 32.1. The lowest BCUT2D eigenvalue weighted by Crippen LogP contribution is -2.55. The van der Waals surface area contributed by atoms with Crippen molar-refractivity contribution in [2.75, 3.05) is 31.1 Å². The predicted octanol–water partition coefficient (Wildman–Crippen LogP) is 4.06. The molecule has 1 fully saturated rings. The van der Waals surface area contributed by atoms with Crippen LogP contribution in [0, 0.1) is 5.82 Å². The minimum absolute atomic E-state index is 0.0889. The first-order valence-electron chi connectivity index (χ1n) is 11.3. The Hall–Kier alpha value is -3.65. The van der Waals surface area contributed by atoms with Crippen molar-refractivity contribution in [2.45, 2.75) is 12.5 Å². The van der Waals surface area contributed by atoms with Crippen molar-refractivity contribution in [2.24, 2.45) is 0 Å². The SMILES string of the molecule is O=C(NC(Cc1c[nH]c2ccccc12)C(=O)N1CCN(c2ccc(F)cc2)CC1)c1cccs1. The van der Waals surface area contributed by atoms with Gasteiger partial charge < -0.3 is 20.1 Å². The smallest absolute Gasteiger partial charge is 0.262 e. The molecule has 0 spiro atoms. The zero-order valence-electron chi connectivity index (χ0n) is 18.5. The Morgan fingerprint density at radius 3 is 2.50 bits per heavy atom. The van der Waals surface area contributed by atoms with E-state index in [9.17, 15) is 14.0 Å². The number of aromatic nitrogens is 1. The van der Waals surface area contributed by atoms with Crippen molar-refractivity contribution in [1.82, 2.24) is 15.2 Å². The molecule has 0 aliphatic carbocycles. The van der Waals surface area contributed by atoms with Gasteiger partial charge in [0, 0.05) is 55.4 Å². The summed E-state index contributed by atoms with van der Waals surface area (Å²) < 4.78 is 13.3. The fourth-order valence-corrected chi connectivity index (χ4v) is 5.04. The van der Waals surface area contributed by atoms with E-state index in [1.807, 2.05) is 46.8 Å². The molecule has 1 saturated heterocycles. The van der Waals surface area contributed by atoms with E-state index in [1.165, 1.54) is 23.5 Å². The number of carbonyl (C=O) groups excluding carboxylic acids is 2. The first kappa shape index (κ1) is 22.2. The van der Waals surface area contributed by atoms with Crippen LogP contribution in [0.1, 0.15) is 15.2 Å². The Morgan fingerprint density at radius 2 is 1.76 bits per heavy atom. The lowest BCUT2D eigenvalue weighted by Gasteiger charge is -2.37. The first-order chi connectivity index (χ1) is 16.6. The number of anilines is 1. The number of aromatic amines is 1. The topological polar surface area (TPSA) is 68.4 Å². The third-order valence-corrected chi connectivity index (χ3v) is 7.10. The van der Waals surface area contributed by atoms with E-state index < -0.39 is 6.04 Å². The summed E-state index contributed by atoms with van der Waals surface area (Å²) in [5.74, 6) is -0.591. The van der Waals surface area contributed by atoms with Gasteiger partial charge in [-0.2, -0.15) is 0 Å². The summed E-state index contributed by atoms with van der Waals surface area (Å²) in [5, 5.41) is 5.87. The number of H-pyrrole nitrogens is 1. The summed E-state index contributed by atoms with van der Waals surface area (Å²) in [6.45, 7) is 2.37. The number of hydrogen-bond donors (Lipinski definition) is 2. The molecule has 5 rings (SSSR count). The maximum absolute atomic E-state index is 13.6. The Morgan fingerprint density at radius 1 is 1.00 bits per heavy atom. The third kappa shape index (κ3) is 4.68. The maximum atomic E-state index is 13.6. The molecule has 1 aliphatic rings. The molecule has 3 heterocycles. The second-order valence-corrected chi connectivity index (χ2v) is 9.30. The molecule has 2 aromatic heterocycles. The number of para-hydroxylation sites is 1. The number of halogens is 1. The van der Waals surface area contributed by atoms with E-state index in [2.05, 4.69) is 15.2 Å². The van der Waals surface area contributed by atoms with Crippen molar-refractivity contribution < 1.29 is 14.0 Å². The quantitative estimate of drug-likeness (QED) is 0.441. The van der Waals surface area contributed by atoms with Crippen LogP contribution < -0.4 is 10.2 Å². The summed E-state index contributed by atoms with van der Waals surface area (Å²) >= 11 is 1.35. The molecule has 0 saturated carbocycles. The second kappa shape index (κ2) is 9.69. The molecule has 1 aliphatic heterocycles. The molecular weight excluding hydrogens is 451 g/mol. The van der Waals surface area contributed by atoms with Crippen molar-refractivity contribution >= 4 is 39.7 Å². The number of fused-ring (bicyclic) bond motifs is 1. The first-order valence-corrected chi connectivity index (χ1v) is 12.1. The molecule has 0 bridgehead atoms. The molecular formula is C26H25FN4O2S. The highest BCUT2D eigenvalue weighted by molar-refractivity contribution is 7.12. The van der Waals surface area contributed by atoms with Gasteiger partial charge in [-0.1, -0.05) is 24.3 Å². The minimum Gasteiger partial charge on any atom is -0.368 e. The summed E-state index contributed by atoms with van der Waals surface area (Å²) in [6.07, 6.45) is 2.31. The van der Waals surface area contributed by atoms with Crippen LogP contribution in [0.25, 0.3) is 10.9 Å². The van der Waals surface area contributed by atoms with Crippen LogP contribution in [0.3, 0.4) is 0 Å². The molecule has 6 nitrogen and oxygen atoms in total. The average Bonchev–Trinajstić information content (AvgIpc) is 3.55. The van der Waals surface area contributed by atoms with Crippen LogP contribution in [0.15, 0.2) is 72.2 Å². The van der Waals surface area contributed by atoms with Crippen LogP contribution in [0.2, 0.25) is 0 Å². The lowest BCUT2D eigenvalue weighted by molar-refractivity contribution is -0.133. The molecule has 2 aromatic carbocycles. The predicted molar refractivity (Wildman–Crippen MR) is 133 cm³/mol. The highest BCUT2D eigenvalue weighted by Crippen LogP contribution is 2.21. The molecule has 1 unspecified atom stereocenters. The normalized spacial score (nSPS) is 14.9. The Labute approximate surface area is 201 Å². The molecule has 0 radical (unpaired) electrons. The Bertz CT molecular complexity index is 1280. The second-order valence-electron chi connectivity index (χ2n) is 8.36. The molecule has 1 atom stereocenters. The van der Waals surface area contributed by atoms with Crippen molar-refractivity contribution in [3.63, 3.8) is 0 Å². The number of amides is 2. The fourth-order valence-electron chi connectivity index (χ4n) is 4.41. The largest absolute Gasteiger partial charge is 0.368 e. The van der Waals surface area contributed by atoms with Gasteiger partial charge in [-0.25, -0.2) is 4.39 Å². The Balaban J connectivity index is 1.32. The van der Waals surface area contributed by atoms with E-state index in [-0.39, 0.29) is 17.6 Å². The van der Waals surface area contributed by atoms with Crippen LogP contribution >= 0.6 is 11.3 Å². The summed E-state index contributed by atoms with van der Waals surface area (Å²) in [5.41, 5.74) is 2.93. The molecule has 8 heteroatoms. The fraction of sp³-hybridized carbons (Fsp3) is 0.231. The summed E-state index contributed by atoms with van der Waals surface area (Å²) in [6, 6.07) is 17.3. The molecule has 2 N–H and O–H groups in total. The number of thiophene rings is 1. The molecule has 174 valence electrons. The van der Waals surface area contributed by atoms with Gasteiger partial charge in [0.05, 0.1) is 4.88 Å². The standard InChI is InChI=1S/C26H25FN4O2S/c27-19-7-9-20(10-8-19)30-11-13-31(14-12-30)26(33)23(29-25(32)24-6-3-15-34-24)16-18-17-28-22-5-2-1-4-21(18)22/h1-10,15,17,23,28H,11-14,16H2,(H,29,32). The third-order valence-electron chi connectivity index (χ3n) is 6.23. The van der Waals surface area contributed by atoms with E-state index in [0.29, 0.717) is 37.5 Å². The van der Waals surface area contributed by atoms with E-state index in [1.54, 1.807) is 18.2 Å². The van der Waals surface area contributed by atoms with E-state index in [4.69, 9.17) is 0 Å². The van der Waals surface area contributed by atoms with Crippen LogP contribution in [-0.4, -0.2) is 53.9 Å². The number of hydrogen-bond acceptors (Lipinski definition) is 4. The molecule has 2 amide bonds. The number of carbonyl (C=O) groups is 2. The van der Waals surface area contributed by atoms with Crippen molar-refractivity contribution in [1.29, 1.82) is 0 Å². The van der Waals surface area contributed by atoms with Gasteiger partial charge in [-0.05, 0) is 47.3 Å². The van der Waals surface area contributed by atoms with Gasteiger partial charge >= 0.3 is 0 Å². The van der Waals surface area contributed by atoms with E-state index >= 15 is 0 Å². The van der Waals surface area contributed by atoms with Gasteiger partial charge in [-0.15, -0.1) is 11.3 Å². The lowest BCUT2D eigenvalue weighted by atomic mass is 10.0. The number of rotatable bonds is 6. The number of piperazine rings is 1. The van der Waals surface area contributed by atoms with Crippen LogP contribution in [0.4, 0.5) is 10.1 Å². The average molecular weight is 477 g/mol. The van der Waals surface area contributed by atoms with Crippen LogP contribution in [0.5, 0.6) is 0 Å². The van der Waals surface area contributed by atoms with Gasteiger partial charge in [0.25, 0.3) is 5.91 Å². The zero-order valence-corrected chi connectivity index (χ0v) is 19.4. The monoisotopic (exact) mass is 476 g/mol. The summed E-state index contributed by atoms with van der Waals surface area (Å²) in [7, 11) is 0. The Kier molecular flexibility index (Phi) is 6.31. The van der Waals surface area contributed by atoms with Crippen LogP contribution in [-0.2, 0) is 11.2 Å². The number of benzene rings is 2. The van der Waals surface area contributed by atoms with Gasteiger partial charge in [0.15, 0.2) is 0 Å². The molecule has 34 heavy (non-hydrogen) atoms. The highest BCUT2D eigenvalue weighted by Gasteiger charge is 2.30. The van der Waals surface area contributed by atoms with Crippen molar-refractivity contribution in [3.05, 3.63) is 88.5 Å².